The Morgan fingerprint density at radius 1 is 1.39 bits per heavy atom. The predicted molar refractivity (Wildman–Crippen MR) is 67.6 cm³/mol. The average molecular weight is 248 g/mol. The number of ether oxygens (including phenoxy) is 1. The minimum absolute atomic E-state index is 0.0382. The van der Waals surface area contributed by atoms with Crippen molar-refractivity contribution in [2.45, 2.75) is 13.0 Å². The number of likely N-dealkylation sites (N-methyl/N-ethyl adjacent to an activating group) is 1. The van der Waals surface area contributed by atoms with E-state index in [0.29, 0.717) is 11.4 Å². The van der Waals surface area contributed by atoms with Gasteiger partial charge < -0.3 is 9.64 Å². The first kappa shape index (κ1) is 12.4. The molecule has 1 aromatic carbocycles. The number of carbonyl (C=O) groups excluding carboxylic acids is 2. The van der Waals surface area contributed by atoms with Gasteiger partial charge in [-0.2, -0.15) is 0 Å². The third kappa shape index (κ3) is 2.16. The van der Waals surface area contributed by atoms with Crippen molar-refractivity contribution in [1.82, 2.24) is 4.90 Å². The molecule has 0 saturated carbocycles. The zero-order chi connectivity index (χ0) is 13.3. The first-order valence-electron chi connectivity index (χ1n) is 5.78. The van der Waals surface area contributed by atoms with Gasteiger partial charge in [0.15, 0.2) is 6.10 Å². The minimum atomic E-state index is -0.560. The van der Waals surface area contributed by atoms with Crippen molar-refractivity contribution in [2.75, 3.05) is 25.5 Å². The fraction of sp³-hybridized carbons (Fsp3) is 0.385. The Labute approximate surface area is 106 Å². The summed E-state index contributed by atoms with van der Waals surface area (Å²) >= 11 is 0. The number of para-hydroxylation sites is 2. The second-order valence-corrected chi connectivity index (χ2v) is 4.44. The molecule has 0 radical (unpaired) electrons. The summed E-state index contributed by atoms with van der Waals surface area (Å²) in [6.07, 6.45) is -0.560. The van der Waals surface area contributed by atoms with E-state index in [1.54, 1.807) is 33.2 Å². The first-order chi connectivity index (χ1) is 8.50. The number of nitrogens with zero attached hydrogens (tertiary/aromatic N) is 2. The van der Waals surface area contributed by atoms with Gasteiger partial charge >= 0.3 is 0 Å². The maximum Gasteiger partial charge on any atom is 0.268 e. The molecule has 18 heavy (non-hydrogen) atoms. The van der Waals surface area contributed by atoms with Gasteiger partial charge in [-0.25, -0.2) is 0 Å². The van der Waals surface area contributed by atoms with E-state index >= 15 is 0 Å². The second kappa shape index (κ2) is 4.68. The van der Waals surface area contributed by atoms with Crippen LogP contribution in [0.3, 0.4) is 0 Å². The molecule has 1 heterocycles. The van der Waals surface area contributed by atoms with Gasteiger partial charge in [0.25, 0.3) is 5.91 Å². The third-order valence-electron chi connectivity index (χ3n) is 2.87. The molecule has 5 heteroatoms. The van der Waals surface area contributed by atoms with Gasteiger partial charge in [-0.1, -0.05) is 12.1 Å². The van der Waals surface area contributed by atoms with Gasteiger partial charge in [0.2, 0.25) is 5.91 Å². The van der Waals surface area contributed by atoms with E-state index in [-0.39, 0.29) is 18.4 Å². The third-order valence-corrected chi connectivity index (χ3v) is 2.87. The van der Waals surface area contributed by atoms with Gasteiger partial charge in [0, 0.05) is 14.1 Å². The summed E-state index contributed by atoms with van der Waals surface area (Å²) in [6, 6.07) is 7.24. The summed E-state index contributed by atoms with van der Waals surface area (Å²) in [5, 5.41) is 0. The summed E-state index contributed by atoms with van der Waals surface area (Å²) in [6.45, 7) is 1.72. The molecule has 1 aromatic rings. The van der Waals surface area contributed by atoms with E-state index in [1.165, 1.54) is 9.80 Å². The van der Waals surface area contributed by atoms with Crippen LogP contribution in [0.25, 0.3) is 0 Å². The normalized spacial score (nSPS) is 18.1. The van der Waals surface area contributed by atoms with Gasteiger partial charge in [-0.3, -0.25) is 14.5 Å². The summed E-state index contributed by atoms with van der Waals surface area (Å²) in [5.41, 5.74) is 0.649. The standard InChI is InChI=1S/C13H16N2O3/c1-9-13(17)15(8-12(16)14(2)3)10-6-4-5-7-11(10)18-9/h4-7,9H,8H2,1-3H3. The summed E-state index contributed by atoms with van der Waals surface area (Å²) in [7, 11) is 3.34. The van der Waals surface area contributed by atoms with Crippen molar-refractivity contribution < 1.29 is 14.3 Å². The molecule has 1 atom stereocenters. The zero-order valence-corrected chi connectivity index (χ0v) is 10.7. The summed E-state index contributed by atoms with van der Waals surface area (Å²) in [5.74, 6) is 0.326. The molecule has 5 nitrogen and oxygen atoms in total. The number of hydrogen-bond donors (Lipinski definition) is 0. The van der Waals surface area contributed by atoms with Crippen LogP contribution in [0.1, 0.15) is 6.92 Å². The molecule has 0 bridgehead atoms. The van der Waals surface area contributed by atoms with E-state index in [4.69, 9.17) is 4.74 Å². The Morgan fingerprint density at radius 2 is 2.06 bits per heavy atom. The van der Waals surface area contributed by atoms with Gasteiger partial charge in [-0.15, -0.1) is 0 Å². The Balaban J connectivity index is 2.33. The smallest absolute Gasteiger partial charge is 0.268 e. The van der Waals surface area contributed by atoms with Crippen LogP contribution in [0.4, 0.5) is 5.69 Å². The van der Waals surface area contributed by atoms with Gasteiger partial charge in [0.05, 0.1) is 5.69 Å². The highest BCUT2D eigenvalue weighted by atomic mass is 16.5. The highest BCUT2D eigenvalue weighted by molar-refractivity contribution is 6.03. The number of benzene rings is 1. The molecule has 2 rings (SSSR count). The average Bonchev–Trinajstić information content (AvgIpc) is 2.34. The molecule has 2 amide bonds. The topological polar surface area (TPSA) is 49.9 Å². The Morgan fingerprint density at radius 3 is 2.72 bits per heavy atom. The number of fused-ring (bicyclic) bond motifs is 1. The molecule has 0 aliphatic carbocycles. The summed E-state index contributed by atoms with van der Waals surface area (Å²) in [4.78, 5) is 26.8. The molecule has 0 spiro atoms. The Hall–Kier alpha value is -2.04. The molecule has 0 N–H and O–H groups in total. The molecular formula is C13H16N2O3. The van der Waals surface area contributed by atoms with E-state index in [0.717, 1.165) is 0 Å². The molecule has 1 aliphatic rings. The van der Waals surface area contributed by atoms with E-state index < -0.39 is 6.10 Å². The van der Waals surface area contributed by atoms with Crippen LogP contribution < -0.4 is 9.64 Å². The number of hydrogen-bond acceptors (Lipinski definition) is 3. The highest BCUT2D eigenvalue weighted by Gasteiger charge is 2.32. The molecule has 0 aromatic heterocycles. The van der Waals surface area contributed by atoms with Gasteiger partial charge in [0.1, 0.15) is 12.3 Å². The van der Waals surface area contributed by atoms with Crippen molar-refractivity contribution in [3.63, 3.8) is 0 Å². The Bertz CT molecular complexity index is 485. The fourth-order valence-electron chi connectivity index (χ4n) is 1.80. The maximum absolute atomic E-state index is 12.1. The SMILES string of the molecule is CC1Oc2ccccc2N(CC(=O)N(C)C)C1=O. The lowest BCUT2D eigenvalue weighted by atomic mass is 10.2. The number of carbonyl (C=O) groups is 2. The highest BCUT2D eigenvalue weighted by Crippen LogP contribution is 2.33. The fourth-order valence-corrected chi connectivity index (χ4v) is 1.80. The summed E-state index contributed by atoms with van der Waals surface area (Å²) < 4.78 is 5.50. The van der Waals surface area contributed by atoms with Gasteiger partial charge in [-0.05, 0) is 19.1 Å². The van der Waals surface area contributed by atoms with Crippen molar-refractivity contribution in [3.05, 3.63) is 24.3 Å². The van der Waals surface area contributed by atoms with E-state index in [1.807, 2.05) is 12.1 Å². The second-order valence-electron chi connectivity index (χ2n) is 4.44. The number of amides is 2. The minimum Gasteiger partial charge on any atom is -0.479 e. The van der Waals surface area contributed by atoms with Crippen LogP contribution in [-0.4, -0.2) is 43.5 Å². The molecule has 96 valence electrons. The Kier molecular flexibility index (Phi) is 3.23. The lowest BCUT2D eigenvalue weighted by Gasteiger charge is -2.33. The maximum atomic E-state index is 12.1. The quantitative estimate of drug-likeness (QED) is 0.781. The lowest BCUT2D eigenvalue weighted by molar-refractivity contribution is -0.131. The largest absolute Gasteiger partial charge is 0.479 e. The molecule has 1 aliphatic heterocycles. The van der Waals surface area contributed by atoms with Crippen molar-refractivity contribution in [1.29, 1.82) is 0 Å². The molecule has 0 fully saturated rings. The van der Waals surface area contributed by atoms with E-state index in [2.05, 4.69) is 0 Å². The first-order valence-corrected chi connectivity index (χ1v) is 5.78. The van der Waals surface area contributed by atoms with Crippen LogP contribution >= 0.6 is 0 Å². The molecule has 1 unspecified atom stereocenters. The van der Waals surface area contributed by atoms with Crippen LogP contribution in [0.15, 0.2) is 24.3 Å². The van der Waals surface area contributed by atoms with Crippen molar-refractivity contribution in [3.8, 4) is 5.75 Å². The zero-order valence-electron chi connectivity index (χ0n) is 10.7. The van der Waals surface area contributed by atoms with Crippen molar-refractivity contribution >= 4 is 17.5 Å². The van der Waals surface area contributed by atoms with Crippen LogP contribution in [0.5, 0.6) is 5.75 Å². The van der Waals surface area contributed by atoms with Crippen molar-refractivity contribution in [2.24, 2.45) is 0 Å². The van der Waals surface area contributed by atoms with Crippen LogP contribution in [0.2, 0.25) is 0 Å². The lowest BCUT2D eigenvalue weighted by Crippen LogP contribution is -2.48. The van der Waals surface area contributed by atoms with Crippen LogP contribution in [-0.2, 0) is 9.59 Å². The number of anilines is 1. The monoisotopic (exact) mass is 248 g/mol. The number of rotatable bonds is 2. The van der Waals surface area contributed by atoms with Crippen LogP contribution in [0, 0.1) is 0 Å². The molecule has 0 saturated heterocycles. The predicted octanol–water partition coefficient (Wildman–Crippen LogP) is 0.889. The van der Waals surface area contributed by atoms with E-state index in [9.17, 15) is 9.59 Å². The molecular weight excluding hydrogens is 232 g/mol.